The zero-order chi connectivity index (χ0) is 11.4. The predicted octanol–water partition coefficient (Wildman–Crippen LogP) is 4.03. The SMILES string of the molecule is O=C1CCCCCC1Cc1cccc(Cl)c1. The Labute approximate surface area is 102 Å². The van der Waals surface area contributed by atoms with Gasteiger partial charge in [0.15, 0.2) is 0 Å². The quantitative estimate of drug-likeness (QED) is 0.709. The van der Waals surface area contributed by atoms with Crippen molar-refractivity contribution < 1.29 is 4.79 Å². The Balaban J connectivity index is 2.05. The normalized spacial score (nSPS) is 21.8. The second-order valence-corrected chi connectivity index (χ2v) is 5.03. The number of ketones is 1. The first-order chi connectivity index (χ1) is 7.75. The van der Waals surface area contributed by atoms with Gasteiger partial charge in [-0.15, -0.1) is 0 Å². The molecule has 0 N–H and O–H groups in total. The van der Waals surface area contributed by atoms with Gasteiger partial charge in [0.1, 0.15) is 5.78 Å². The van der Waals surface area contributed by atoms with Gasteiger partial charge in [-0.1, -0.05) is 36.6 Å². The number of halogens is 1. The average molecular weight is 237 g/mol. The molecule has 86 valence electrons. The first kappa shape index (κ1) is 11.7. The highest BCUT2D eigenvalue weighted by Crippen LogP contribution is 2.24. The van der Waals surface area contributed by atoms with Gasteiger partial charge in [0, 0.05) is 17.4 Å². The van der Waals surface area contributed by atoms with Crippen molar-refractivity contribution in [3.63, 3.8) is 0 Å². The summed E-state index contributed by atoms with van der Waals surface area (Å²) in [6.07, 6.45) is 6.15. The van der Waals surface area contributed by atoms with E-state index in [-0.39, 0.29) is 5.92 Å². The summed E-state index contributed by atoms with van der Waals surface area (Å²) in [6.45, 7) is 0. The first-order valence-electron chi connectivity index (χ1n) is 6.03. The lowest BCUT2D eigenvalue weighted by Gasteiger charge is -2.12. The molecule has 1 aromatic rings. The molecule has 0 saturated heterocycles. The molecular weight excluding hydrogens is 220 g/mol. The lowest BCUT2D eigenvalue weighted by molar-refractivity contribution is -0.122. The predicted molar refractivity (Wildman–Crippen MR) is 66.7 cm³/mol. The highest BCUT2D eigenvalue weighted by Gasteiger charge is 2.20. The summed E-state index contributed by atoms with van der Waals surface area (Å²) in [6, 6.07) is 7.86. The van der Waals surface area contributed by atoms with Gasteiger partial charge in [-0.2, -0.15) is 0 Å². The maximum absolute atomic E-state index is 11.9. The molecule has 1 nitrogen and oxygen atoms in total. The number of hydrogen-bond acceptors (Lipinski definition) is 1. The number of rotatable bonds is 2. The fourth-order valence-electron chi connectivity index (χ4n) is 2.40. The molecule has 0 bridgehead atoms. The van der Waals surface area contributed by atoms with E-state index in [9.17, 15) is 4.79 Å². The molecule has 0 radical (unpaired) electrons. The second kappa shape index (κ2) is 5.49. The van der Waals surface area contributed by atoms with E-state index in [1.165, 1.54) is 18.4 Å². The summed E-state index contributed by atoms with van der Waals surface area (Å²) in [7, 11) is 0. The summed E-state index contributed by atoms with van der Waals surface area (Å²) < 4.78 is 0. The van der Waals surface area contributed by atoms with Crippen LogP contribution in [0.1, 0.15) is 37.7 Å². The Kier molecular flexibility index (Phi) is 4.00. The van der Waals surface area contributed by atoms with Crippen molar-refractivity contribution in [1.82, 2.24) is 0 Å². The Morgan fingerprint density at radius 2 is 2.12 bits per heavy atom. The largest absolute Gasteiger partial charge is 0.299 e. The molecule has 1 aliphatic carbocycles. The molecule has 1 aromatic carbocycles. The lowest BCUT2D eigenvalue weighted by atomic mass is 9.91. The molecule has 16 heavy (non-hydrogen) atoms. The third-order valence-corrected chi connectivity index (χ3v) is 3.54. The van der Waals surface area contributed by atoms with Crippen molar-refractivity contribution in [2.75, 3.05) is 0 Å². The zero-order valence-electron chi connectivity index (χ0n) is 9.42. The Morgan fingerprint density at radius 1 is 1.25 bits per heavy atom. The second-order valence-electron chi connectivity index (χ2n) is 4.60. The average Bonchev–Trinajstić information content (AvgIpc) is 2.45. The molecule has 0 aliphatic heterocycles. The van der Waals surface area contributed by atoms with Gasteiger partial charge in [0.25, 0.3) is 0 Å². The van der Waals surface area contributed by atoms with Gasteiger partial charge in [0.05, 0.1) is 0 Å². The maximum Gasteiger partial charge on any atom is 0.136 e. The molecule has 1 saturated carbocycles. The third-order valence-electron chi connectivity index (χ3n) is 3.30. The summed E-state index contributed by atoms with van der Waals surface area (Å²) in [5.74, 6) is 0.665. The van der Waals surface area contributed by atoms with E-state index in [1.54, 1.807) is 0 Å². The Hall–Kier alpha value is -0.820. The molecule has 0 amide bonds. The van der Waals surface area contributed by atoms with Gasteiger partial charge < -0.3 is 0 Å². The highest BCUT2D eigenvalue weighted by molar-refractivity contribution is 6.30. The van der Waals surface area contributed by atoms with Crippen molar-refractivity contribution in [1.29, 1.82) is 0 Å². The van der Waals surface area contributed by atoms with Crippen molar-refractivity contribution >= 4 is 17.4 Å². The van der Waals surface area contributed by atoms with Crippen LogP contribution in [0.5, 0.6) is 0 Å². The molecule has 0 aromatic heterocycles. The van der Waals surface area contributed by atoms with Crippen LogP contribution in [0.3, 0.4) is 0 Å². The van der Waals surface area contributed by atoms with Crippen LogP contribution in [0.15, 0.2) is 24.3 Å². The third kappa shape index (κ3) is 3.08. The van der Waals surface area contributed by atoms with Gasteiger partial charge in [-0.25, -0.2) is 0 Å². The van der Waals surface area contributed by atoms with E-state index in [1.807, 2.05) is 18.2 Å². The highest BCUT2D eigenvalue weighted by atomic mass is 35.5. The van der Waals surface area contributed by atoms with Crippen LogP contribution in [0.4, 0.5) is 0 Å². The van der Waals surface area contributed by atoms with Crippen LogP contribution in [-0.2, 0) is 11.2 Å². The van der Waals surface area contributed by atoms with E-state index >= 15 is 0 Å². The molecular formula is C14H17ClO. The minimum atomic E-state index is 0.223. The summed E-state index contributed by atoms with van der Waals surface area (Å²) in [4.78, 5) is 11.9. The van der Waals surface area contributed by atoms with E-state index in [4.69, 9.17) is 11.6 Å². The smallest absolute Gasteiger partial charge is 0.136 e. The number of carbonyl (C=O) groups excluding carboxylic acids is 1. The van der Waals surface area contributed by atoms with E-state index in [0.717, 1.165) is 30.7 Å². The van der Waals surface area contributed by atoms with Crippen LogP contribution in [0.25, 0.3) is 0 Å². The van der Waals surface area contributed by atoms with Gasteiger partial charge in [-0.05, 0) is 37.0 Å². The Bertz CT molecular complexity index is 373. The molecule has 2 heteroatoms. The van der Waals surface area contributed by atoms with Crippen LogP contribution in [0.2, 0.25) is 5.02 Å². The van der Waals surface area contributed by atoms with Crippen molar-refractivity contribution in [3.8, 4) is 0 Å². The fourth-order valence-corrected chi connectivity index (χ4v) is 2.61. The van der Waals surface area contributed by atoms with Crippen LogP contribution in [0, 0.1) is 5.92 Å². The summed E-state index contributed by atoms with van der Waals surface area (Å²) >= 11 is 5.95. The van der Waals surface area contributed by atoms with Gasteiger partial charge in [-0.3, -0.25) is 4.79 Å². The molecule has 2 rings (SSSR count). The van der Waals surface area contributed by atoms with Crippen molar-refractivity contribution in [2.45, 2.75) is 38.5 Å². The summed E-state index contributed by atoms with van der Waals surface area (Å²) in [5.41, 5.74) is 1.19. The molecule has 1 fully saturated rings. The van der Waals surface area contributed by atoms with Crippen molar-refractivity contribution in [2.24, 2.45) is 5.92 Å². The first-order valence-corrected chi connectivity index (χ1v) is 6.40. The van der Waals surface area contributed by atoms with E-state index in [0.29, 0.717) is 5.78 Å². The zero-order valence-corrected chi connectivity index (χ0v) is 10.2. The number of Topliss-reactive ketones (excluding diaryl/α,β-unsaturated/α-hetero) is 1. The number of hydrogen-bond donors (Lipinski definition) is 0. The maximum atomic E-state index is 11.9. The van der Waals surface area contributed by atoms with Crippen LogP contribution >= 0.6 is 11.6 Å². The molecule has 0 spiro atoms. The molecule has 1 unspecified atom stereocenters. The van der Waals surface area contributed by atoms with Gasteiger partial charge in [0.2, 0.25) is 0 Å². The van der Waals surface area contributed by atoms with Crippen LogP contribution in [-0.4, -0.2) is 5.78 Å². The Morgan fingerprint density at radius 3 is 2.94 bits per heavy atom. The van der Waals surface area contributed by atoms with E-state index < -0.39 is 0 Å². The monoisotopic (exact) mass is 236 g/mol. The minimum Gasteiger partial charge on any atom is -0.299 e. The van der Waals surface area contributed by atoms with Crippen LogP contribution < -0.4 is 0 Å². The fraction of sp³-hybridized carbons (Fsp3) is 0.500. The van der Waals surface area contributed by atoms with Gasteiger partial charge >= 0.3 is 0 Å². The minimum absolute atomic E-state index is 0.223. The summed E-state index contributed by atoms with van der Waals surface area (Å²) in [5, 5.41) is 0.763. The molecule has 1 aliphatic rings. The molecule has 1 atom stereocenters. The topological polar surface area (TPSA) is 17.1 Å². The molecule has 0 heterocycles. The standard InChI is InChI=1S/C14H17ClO/c15-13-7-4-5-11(10-13)9-12-6-2-1-3-8-14(12)16/h4-5,7,10,12H,1-3,6,8-9H2. The lowest BCUT2D eigenvalue weighted by Crippen LogP contribution is -2.15. The number of benzene rings is 1. The van der Waals surface area contributed by atoms with E-state index in [2.05, 4.69) is 6.07 Å². The number of carbonyl (C=O) groups is 1. The van der Waals surface area contributed by atoms with Crippen molar-refractivity contribution in [3.05, 3.63) is 34.9 Å².